The molecular weight excluding hydrogens is 64.0 g/mol. The fourth-order valence-electron chi connectivity index (χ4n) is 0. The minimum atomic E-state index is -1.17. The van der Waals surface area contributed by atoms with Gasteiger partial charge in [0.15, 0.2) is 0 Å². The van der Waals surface area contributed by atoms with Gasteiger partial charge in [-0.05, 0) is 20.7 Å². The van der Waals surface area contributed by atoms with Crippen LogP contribution in [0.4, 0.5) is 0 Å². The summed E-state index contributed by atoms with van der Waals surface area (Å²) in [4.78, 5) is 0. The van der Waals surface area contributed by atoms with Crippen LogP contribution < -0.4 is 0 Å². The first-order valence-electron chi connectivity index (χ1n) is 2.67. The quantitative estimate of drug-likeness (QED) is 0.452. The third-order valence-corrected chi connectivity index (χ3v) is 0. The van der Waals surface area contributed by atoms with Gasteiger partial charge in [-0.15, -0.1) is 0 Å². The number of hydrogen-bond acceptors (Lipinski definition) is 1. The molecule has 0 radical (unpaired) electrons. The van der Waals surface area contributed by atoms with Crippen molar-refractivity contribution in [2.45, 2.75) is 26.3 Å². The van der Waals surface area contributed by atoms with E-state index in [1.54, 1.807) is 0 Å². The molecular formula is C4H10O. The lowest BCUT2D eigenvalue weighted by atomic mass is 10.2. The Hall–Kier alpha value is -0.0400. The van der Waals surface area contributed by atoms with Gasteiger partial charge < -0.3 is 5.11 Å². The van der Waals surface area contributed by atoms with E-state index in [0.29, 0.717) is 0 Å². The molecule has 0 heterocycles. The van der Waals surface area contributed by atoms with Gasteiger partial charge in [-0.3, -0.25) is 0 Å². The van der Waals surface area contributed by atoms with Crippen LogP contribution in [0.5, 0.6) is 0 Å². The molecule has 5 heavy (non-hydrogen) atoms. The Morgan fingerprint density at radius 1 is 1.80 bits per heavy atom. The highest BCUT2D eigenvalue weighted by atomic mass is 16.3. The highest BCUT2D eigenvalue weighted by Gasteiger charge is 1.97. The predicted octanol–water partition coefficient (Wildman–Crippen LogP) is 0.777. The molecule has 0 aliphatic carbocycles. The zero-order valence-corrected chi connectivity index (χ0v) is 3.52. The topological polar surface area (TPSA) is 20.2 Å². The monoisotopic (exact) mass is 76.1 g/mol. The predicted molar refractivity (Wildman–Crippen MR) is 22.0 cm³/mol. The van der Waals surface area contributed by atoms with Gasteiger partial charge in [0.2, 0.25) is 0 Å². The molecule has 0 aliphatic rings. The van der Waals surface area contributed by atoms with Crippen LogP contribution >= 0.6 is 0 Å². The Labute approximate surface area is 35.4 Å². The molecule has 0 bridgehead atoms. The van der Waals surface area contributed by atoms with E-state index >= 15 is 0 Å². The molecule has 1 nitrogen and oxygen atoms in total. The van der Waals surface area contributed by atoms with E-state index < -0.39 is 12.5 Å². The van der Waals surface area contributed by atoms with Crippen molar-refractivity contribution in [3.8, 4) is 0 Å². The molecule has 0 atom stereocenters. The Kier molecular flexibility index (Phi) is 0.428. The molecule has 0 unspecified atom stereocenters. The van der Waals surface area contributed by atoms with Crippen molar-refractivity contribution in [1.29, 1.82) is 0 Å². The Balaban J connectivity index is 3.54. The molecule has 0 saturated carbocycles. The fourth-order valence-corrected chi connectivity index (χ4v) is 0. The maximum absolute atomic E-state index is 8.72. The first-order valence-corrected chi connectivity index (χ1v) is 1.51. The van der Waals surface area contributed by atoms with Crippen LogP contribution in [0.2, 0.25) is 0 Å². The molecule has 0 saturated heterocycles. The van der Waals surface area contributed by atoms with Crippen LogP contribution in [0.25, 0.3) is 0 Å². The van der Waals surface area contributed by atoms with Gasteiger partial charge in [0.1, 0.15) is 0 Å². The highest BCUT2D eigenvalue weighted by Crippen LogP contribution is 1.93. The summed E-state index contributed by atoms with van der Waals surface area (Å²) in [5.41, 5.74) is -1.17. The number of hydrogen-bond donors (Lipinski definition) is 1. The van der Waals surface area contributed by atoms with Crippen molar-refractivity contribution >= 4 is 0 Å². The number of aliphatic hydroxyl groups is 1. The third kappa shape index (κ3) is 9510. The SMILES string of the molecule is [2H]C([2H])C(C)(C)O. The van der Waals surface area contributed by atoms with Gasteiger partial charge in [-0.1, -0.05) is 0 Å². The maximum Gasteiger partial charge on any atom is 0.0563 e. The lowest BCUT2D eigenvalue weighted by molar-refractivity contribution is 0.102. The summed E-state index contributed by atoms with van der Waals surface area (Å²) in [6.45, 7) is 1.74. The van der Waals surface area contributed by atoms with E-state index in [4.69, 9.17) is 7.85 Å². The average molecular weight is 76.1 g/mol. The van der Waals surface area contributed by atoms with E-state index in [0.717, 1.165) is 0 Å². The van der Waals surface area contributed by atoms with Crippen LogP contribution in [0, 0.1) is 0 Å². The van der Waals surface area contributed by atoms with Gasteiger partial charge in [-0.25, -0.2) is 0 Å². The fraction of sp³-hybridized carbons (Fsp3) is 1.00. The van der Waals surface area contributed by atoms with E-state index in [1.807, 2.05) is 0 Å². The van der Waals surface area contributed by atoms with Crippen molar-refractivity contribution in [2.24, 2.45) is 0 Å². The van der Waals surface area contributed by atoms with Crippen LogP contribution in [-0.2, 0) is 0 Å². The molecule has 0 aromatic heterocycles. The zero-order chi connectivity index (χ0) is 6.08. The van der Waals surface area contributed by atoms with E-state index in [-0.39, 0.29) is 0 Å². The molecule has 0 aromatic rings. The molecule has 1 N–H and O–H groups in total. The molecule has 0 spiro atoms. The van der Waals surface area contributed by atoms with Crippen molar-refractivity contribution < 1.29 is 7.85 Å². The number of rotatable bonds is 0. The molecule has 0 fully saturated rings. The summed E-state index contributed by atoms with van der Waals surface area (Å²) in [5, 5.41) is 8.72. The van der Waals surface area contributed by atoms with Gasteiger partial charge in [-0.2, -0.15) is 0 Å². The summed E-state index contributed by atoms with van der Waals surface area (Å²) >= 11 is 0. The minimum Gasteiger partial charge on any atom is -0.391 e. The van der Waals surface area contributed by atoms with Crippen LogP contribution in [-0.4, -0.2) is 10.7 Å². The summed E-state index contributed by atoms with van der Waals surface area (Å²) in [7, 11) is 0. The van der Waals surface area contributed by atoms with E-state index in [1.165, 1.54) is 13.8 Å². The third-order valence-electron chi connectivity index (χ3n) is 0. The second kappa shape index (κ2) is 0.977. The Morgan fingerprint density at radius 2 is 2.00 bits per heavy atom. The van der Waals surface area contributed by atoms with Crippen molar-refractivity contribution in [3.63, 3.8) is 0 Å². The van der Waals surface area contributed by atoms with E-state index in [9.17, 15) is 0 Å². The summed E-state index contributed by atoms with van der Waals surface area (Å²) in [5.74, 6) is 0. The smallest absolute Gasteiger partial charge is 0.0563 e. The summed E-state index contributed by atoms with van der Waals surface area (Å²) in [6, 6.07) is 0. The molecule has 0 rings (SSSR count). The first kappa shape index (κ1) is 2.19. The molecule has 0 amide bonds. The van der Waals surface area contributed by atoms with Crippen LogP contribution in [0.1, 0.15) is 23.5 Å². The van der Waals surface area contributed by atoms with Crippen molar-refractivity contribution in [2.75, 3.05) is 0 Å². The van der Waals surface area contributed by atoms with Crippen molar-refractivity contribution in [3.05, 3.63) is 0 Å². The summed E-state index contributed by atoms with van der Waals surface area (Å²) < 4.78 is 13.3. The van der Waals surface area contributed by atoms with Gasteiger partial charge >= 0.3 is 0 Å². The highest BCUT2D eigenvalue weighted by molar-refractivity contribution is 4.50. The Morgan fingerprint density at radius 3 is 2.00 bits per heavy atom. The van der Waals surface area contributed by atoms with Gasteiger partial charge in [0, 0.05) is 2.74 Å². The Bertz CT molecular complexity index is 55.2. The lowest BCUT2D eigenvalue weighted by Crippen LogP contribution is -2.10. The molecule has 1 heteroatoms. The summed E-state index contributed by atoms with van der Waals surface area (Å²) in [6.07, 6.45) is 0. The second-order valence-corrected chi connectivity index (χ2v) is 1.65. The average Bonchev–Trinajstić information content (AvgIpc) is 1.31. The zero-order valence-electron chi connectivity index (χ0n) is 5.52. The van der Waals surface area contributed by atoms with Crippen LogP contribution in [0.15, 0.2) is 0 Å². The van der Waals surface area contributed by atoms with Crippen molar-refractivity contribution in [1.82, 2.24) is 0 Å². The van der Waals surface area contributed by atoms with E-state index in [2.05, 4.69) is 0 Å². The molecule has 32 valence electrons. The second-order valence-electron chi connectivity index (χ2n) is 1.65. The normalized spacial score (nSPS) is 18.4. The first-order chi connectivity index (χ1) is 2.94. The standard InChI is InChI=1S/C4H10O/c1-4(2,3)5/h5H,1-3H3/i1D2. The molecule has 0 aromatic carbocycles. The largest absolute Gasteiger partial charge is 0.391 e. The lowest BCUT2D eigenvalue weighted by Gasteiger charge is -2.04. The van der Waals surface area contributed by atoms with Gasteiger partial charge in [0.05, 0.1) is 5.60 Å². The molecule has 0 aliphatic heterocycles. The van der Waals surface area contributed by atoms with Crippen LogP contribution in [0.3, 0.4) is 0 Å². The maximum atomic E-state index is 8.72. The van der Waals surface area contributed by atoms with Gasteiger partial charge in [0.25, 0.3) is 0 Å². The minimum absolute atomic E-state index is 1.15.